The number of rotatable bonds is 8. The molecular formula is C34H39N3O6. The Morgan fingerprint density at radius 2 is 1.65 bits per heavy atom. The summed E-state index contributed by atoms with van der Waals surface area (Å²) in [7, 11) is 1.58. The highest BCUT2D eigenvalue weighted by Gasteiger charge is 2.76. The molecule has 4 aliphatic heterocycles. The van der Waals surface area contributed by atoms with E-state index in [9.17, 15) is 19.5 Å². The number of hydrogen-bond acceptors (Lipinski definition) is 6. The van der Waals surface area contributed by atoms with E-state index in [1.807, 2.05) is 80.6 Å². The smallest absolute Gasteiger partial charge is 0.253 e. The van der Waals surface area contributed by atoms with E-state index >= 15 is 0 Å². The van der Waals surface area contributed by atoms with Crippen LogP contribution >= 0.6 is 0 Å². The van der Waals surface area contributed by atoms with Crippen molar-refractivity contribution >= 4 is 23.4 Å². The maximum Gasteiger partial charge on any atom is 0.253 e. The Kier molecular flexibility index (Phi) is 7.64. The molecule has 9 nitrogen and oxygen atoms in total. The second-order valence-corrected chi connectivity index (χ2v) is 11.7. The predicted octanol–water partition coefficient (Wildman–Crippen LogP) is 3.50. The fourth-order valence-corrected chi connectivity index (χ4v) is 7.58. The molecule has 4 heterocycles. The first kappa shape index (κ1) is 29.1. The van der Waals surface area contributed by atoms with Gasteiger partial charge in [-0.25, -0.2) is 0 Å². The van der Waals surface area contributed by atoms with Crippen molar-refractivity contribution in [2.75, 3.05) is 38.3 Å². The number of aliphatic hydroxyl groups is 1. The van der Waals surface area contributed by atoms with Gasteiger partial charge >= 0.3 is 0 Å². The number of ether oxygens (including phenoxy) is 2. The third-order valence-electron chi connectivity index (χ3n) is 9.53. The largest absolute Gasteiger partial charge is 0.497 e. The minimum Gasteiger partial charge on any atom is -0.497 e. The molecule has 43 heavy (non-hydrogen) atoms. The van der Waals surface area contributed by atoms with Crippen LogP contribution in [0.15, 0.2) is 78.9 Å². The zero-order valence-corrected chi connectivity index (χ0v) is 24.9. The van der Waals surface area contributed by atoms with Gasteiger partial charge in [-0.2, -0.15) is 0 Å². The van der Waals surface area contributed by atoms with Gasteiger partial charge in [0.05, 0.1) is 37.2 Å². The zero-order chi connectivity index (χ0) is 30.4. The summed E-state index contributed by atoms with van der Waals surface area (Å²) >= 11 is 0. The van der Waals surface area contributed by atoms with E-state index in [1.165, 1.54) is 4.90 Å². The fraction of sp³-hybridized carbons (Fsp3) is 0.441. The van der Waals surface area contributed by atoms with Crippen molar-refractivity contribution < 1.29 is 29.0 Å². The van der Waals surface area contributed by atoms with Gasteiger partial charge < -0.3 is 29.3 Å². The monoisotopic (exact) mass is 585 g/mol. The highest BCUT2D eigenvalue weighted by molar-refractivity contribution is 6.06. The Bertz CT molecular complexity index is 1440. The summed E-state index contributed by atoms with van der Waals surface area (Å²) in [5.74, 6) is -1.93. The van der Waals surface area contributed by atoms with E-state index in [2.05, 4.69) is 0 Å². The van der Waals surface area contributed by atoms with Crippen molar-refractivity contribution in [2.45, 2.75) is 50.0 Å². The van der Waals surface area contributed by atoms with Gasteiger partial charge in [0.2, 0.25) is 11.8 Å². The maximum atomic E-state index is 14.9. The first-order valence-corrected chi connectivity index (χ1v) is 15.1. The van der Waals surface area contributed by atoms with Crippen molar-refractivity contribution in [3.05, 3.63) is 84.5 Å². The van der Waals surface area contributed by atoms with Gasteiger partial charge in [0.15, 0.2) is 0 Å². The number of amides is 3. The van der Waals surface area contributed by atoms with Gasteiger partial charge in [0, 0.05) is 25.3 Å². The summed E-state index contributed by atoms with van der Waals surface area (Å²) in [5.41, 5.74) is -1.11. The summed E-state index contributed by atoms with van der Waals surface area (Å²) in [4.78, 5) is 48.9. The maximum absolute atomic E-state index is 14.9. The lowest BCUT2D eigenvalue weighted by atomic mass is 9.73. The summed E-state index contributed by atoms with van der Waals surface area (Å²) in [5, 5.41) is 10.8. The number of carbonyl (C=O) groups is 3. The molecule has 0 radical (unpaired) electrons. The van der Waals surface area contributed by atoms with Gasteiger partial charge in [0.25, 0.3) is 5.91 Å². The lowest BCUT2D eigenvalue weighted by Gasteiger charge is -2.41. The minimum atomic E-state index is -1.41. The van der Waals surface area contributed by atoms with Crippen LogP contribution in [0.25, 0.3) is 0 Å². The number of aliphatic hydroxyl groups excluding tert-OH is 1. The van der Waals surface area contributed by atoms with Gasteiger partial charge in [-0.3, -0.25) is 14.4 Å². The molecule has 2 fully saturated rings. The molecule has 0 aromatic heterocycles. The number of hydrogen-bond donors (Lipinski definition) is 1. The first-order valence-electron chi connectivity index (χ1n) is 15.1. The average molecular weight is 586 g/mol. The van der Waals surface area contributed by atoms with E-state index in [0.29, 0.717) is 36.5 Å². The molecule has 3 amide bonds. The molecule has 2 aromatic carbocycles. The number of nitrogens with zero attached hydrogens (tertiary/aromatic N) is 3. The second kappa shape index (κ2) is 11.3. The lowest BCUT2D eigenvalue weighted by molar-refractivity contribution is -0.152. The van der Waals surface area contributed by atoms with E-state index in [1.54, 1.807) is 29.0 Å². The van der Waals surface area contributed by atoms with Crippen LogP contribution in [0.5, 0.6) is 5.75 Å². The standard InChI is InChI=1S/C34H39N3O6/c1-4-19-35-20-9-17-33(5-2)27(30(35)39)28-31(40)37(26(22-38)23-11-7-6-8-12-23)29-32(41)36(21-10-18-34(28,29)43-33)24-13-15-25(42-3)16-14-24/h6-18,26-29,38H,4-5,19-22H2,1-3H3/t26-,27-,28+,29?,33+,34+/m1/s1. The Hall–Kier alpha value is -3.95. The number of methoxy groups -OCH3 is 1. The zero-order valence-electron chi connectivity index (χ0n) is 24.9. The van der Waals surface area contributed by atoms with Crippen LogP contribution in [0.1, 0.15) is 38.3 Å². The molecule has 1 N–H and O–H groups in total. The predicted molar refractivity (Wildman–Crippen MR) is 161 cm³/mol. The van der Waals surface area contributed by atoms with Gasteiger partial charge in [-0.15, -0.1) is 0 Å². The third kappa shape index (κ3) is 4.40. The molecule has 6 rings (SSSR count). The highest BCUT2D eigenvalue weighted by atomic mass is 16.5. The minimum absolute atomic E-state index is 0.137. The van der Waals surface area contributed by atoms with E-state index in [4.69, 9.17) is 9.47 Å². The summed E-state index contributed by atoms with van der Waals surface area (Å²) in [6.07, 6.45) is 8.86. The Morgan fingerprint density at radius 3 is 2.30 bits per heavy atom. The molecule has 9 heteroatoms. The molecule has 2 saturated heterocycles. The lowest BCUT2D eigenvalue weighted by Crippen LogP contribution is -2.57. The van der Waals surface area contributed by atoms with Crippen LogP contribution < -0.4 is 9.64 Å². The van der Waals surface area contributed by atoms with Crippen molar-refractivity contribution in [3.63, 3.8) is 0 Å². The third-order valence-corrected chi connectivity index (χ3v) is 9.53. The number of carbonyl (C=O) groups excluding carboxylic acids is 3. The van der Waals surface area contributed by atoms with Crippen molar-refractivity contribution in [3.8, 4) is 5.75 Å². The quantitative estimate of drug-likeness (QED) is 0.477. The summed E-state index contributed by atoms with van der Waals surface area (Å²) in [6, 6.07) is 14.5. The molecule has 6 atom stereocenters. The van der Waals surface area contributed by atoms with Crippen molar-refractivity contribution in [1.29, 1.82) is 0 Å². The fourth-order valence-electron chi connectivity index (χ4n) is 7.58. The molecule has 0 bridgehead atoms. The molecule has 0 saturated carbocycles. The van der Waals surface area contributed by atoms with Crippen LogP contribution in [0.4, 0.5) is 5.69 Å². The Morgan fingerprint density at radius 1 is 0.930 bits per heavy atom. The van der Waals surface area contributed by atoms with Crippen LogP contribution in [-0.4, -0.2) is 83.2 Å². The second-order valence-electron chi connectivity index (χ2n) is 11.7. The number of anilines is 1. The average Bonchev–Trinajstić information content (AvgIpc) is 3.33. The number of benzene rings is 2. The Labute approximate surface area is 252 Å². The van der Waals surface area contributed by atoms with Gasteiger partial charge in [-0.1, -0.05) is 68.5 Å². The van der Waals surface area contributed by atoms with Crippen LogP contribution in [-0.2, 0) is 19.1 Å². The highest BCUT2D eigenvalue weighted by Crippen LogP contribution is 2.59. The number of fused-ring (bicyclic) bond motifs is 2. The van der Waals surface area contributed by atoms with Crippen molar-refractivity contribution in [2.24, 2.45) is 11.8 Å². The summed E-state index contributed by atoms with van der Waals surface area (Å²) < 4.78 is 12.4. The molecule has 1 spiro atoms. The van der Waals surface area contributed by atoms with E-state index in [-0.39, 0.29) is 24.3 Å². The molecule has 4 aliphatic rings. The van der Waals surface area contributed by atoms with Crippen LogP contribution in [0, 0.1) is 11.8 Å². The topological polar surface area (TPSA) is 99.6 Å². The summed E-state index contributed by atoms with van der Waals surface area (Å²) in [6.45, 7) is 4.84. The van der Waals surface area contributed by atoms with Crippen LogP contribution in [0.3, 0.4) is 0 Å². The normalized spacial score (nSPS) is 30.6. The molecule has 1 unspecified atom stereocenters. The molecule has 0 aliphatic carbocycles. The number of likely N-dealkylation sites (tertiary alicyclic amines) is 1. The van der Waals surface area contributed by atoms with Crippen molar-refractivity contribution in [1.82, 2.24) is 9.80 Å². The first-order chi connectivity index (χ1) is 20.9. The van der Waals surface area contributed by atoms with Gasteiger partial charge in [0.1, 0.15) is 17.4 Å². The van der Waals surface area contributed by atoms with Gasteiger partial charge in [-0.05, 0) is 42.7 Å². The van der Waals surface area contributed by atoms with E-state index in [0.717, 1.165) is 6.42 Å². The van der Waals surface area contributed by atoms with Crippen LogP contribution in [0.2, 0.25) is 0 Å². The van der Waals surface area contributed by atoms with E-state index < -0.39 is 41.7 Å². The molecule has 2 aromatic rings. The molecular weight excluding hydrogens is 546 g/mol. The molecule has 226 valence electrons. The SMILES string of the molecule is CCCN1CC=C[C@]2(CC)O[C@]34C=CCN(c5ccc(OC)cc5)C(=O)C3N([C@H](CO)c3ccccc3)C(=O)[C@@H]4[C@@H]2C1=O. The Balaban J connectivity index is 1.53.